The van der Waals surface area contributed by atoms with Crippen LogP contribution in [0.1, 0.15) is 34.7 Å². The lowest BCUT2D eigenvalue weighted by Crippen LogP contribution is -2.38. The summed E-state index contributed by atoms with van der Waals surface area (Å²) in [7, 11) is 1.53. The molecule has 1 aliphatic heterocycles. The number of nitrogens with zero attached hydrogens (tertiary/aromatic N) is 3. The molecule has 2 N–H and O–H groups in total. The number of aryl methyl sites for hydroxylation is 1. The molecule has 152 valence electrons. The third-order valence-electron chi connectivity index (χ3n) is 6.04. The molecule has 0 saturated carbocycles. The number of likely N-dealkylation sites (tertiary alicyclic amines) is 1. The van der Waals surface area contributed by atoms with Crippen molar-refractivity contribution in [2.24, 2.45) is 7.05 Å². The van der Waals surface area contributed by atoms with E-state index in [2.05, 4.69) is 33.3 Å². The number of fused-ring (bicyclic) bond motifs is 2. The van der Waals surface area contributed by atoms with Crippen LogP contribution in [0.3, 0.4) is 0 Å². The first kappa shape index (κ1) is 18.4. The molecule has 1 fully saturated rings. The Labute approximate surface area is 171 Å². The number of pyridine rings is 1. The summed E-state index contributed by atoms with van der Waals surface area (Å²) in [5.41, 5.74) is 1.99. The first-order valence-corrected chi connectivity index (χ1v) is 9.97. The van der Waals surface area contributed by atoms with Crippen molar-refractivity contribution in [2.75, 3.05) is 13.1 Å². The van der Waals surface area contributed by atoms with E-state index in [0.29, 0.717) is 24.6 Å². The van der Waals surface area contributed by atoms with E-state index in [-0.39, 0.29) is 16.9 Å². The van der Waals surface area contributed by atoms with Gasteiger partial charge in [-0.2, -0.15) is 0 Å². The molecule has 0 unspecified atom stereocenters. The number of rotatable bonds is 2. The molecule has 1 saturated heterocycles. The molecule has 0 bridgehead atoms. The Morgan fingerprint density at radius 1 is 1.13 bits per heavy atom. The number of hydrogen-bond acceptors (Lipinski definition) is 4. The van der Waals surface area contributed by atoms with Gasteiger partial charge in [-0.1, -0.05) is 18.2 Å². The van der Waals surface area contributed by atoms with E-state index in [1.807, 2.05) is 17.0 Å². The van der Waals surface area contributed by atoms with Crippen LogP contribution >= 0.6 is 0 Å². The van der Waals surface area contributed by atoms with Crippen LogP contribution in [0, 0.1) is 0 Å². The third kappa shape index (κ3) is 2.92. The molecule has 0 atom stereocenters. The van der Waals surface area contributed by atoms with Crippen LogP contribution in [0.5, 0.6) is 0 Å². The highest BCUT2D eigenvalue weighted by Gasteiger charge is 2.26. The second-order valence-electron chi connectivity index (χ2n) is 7.77. The summed E-state index contributed by atoms with van der Waals surface area (Å²) in [4.78, 5) is 48.5. The van der Waals surface area contributed by atoms with Crippen molar-refractivity contribution in [3.63, 3.8) is 0 Å². The molecule has 1 amide bonds. The minimum atomic E-state index is -0.534. The van der Waals surface area contributed by atoms with E-state index in [4.69, 9.17) is 0 Å². The molecular formula is C22H21N5O3. The minimum absolute atomic E-state index is 0.143. The first-order valence-electron chi connectivity index (χ1n) is 9.97. The Kier molecular flexibility index (Phi) is 4.27. The van der Waals surface area contributed by atoms with Gasteiger partial charge in [-0.3, -0.25) is 19.1 Å². The van der Waals surface area contributed by atoms with Gasteiger partial charge in [0.05, 0.1) is 10.9 Å². The minimum Gasteiger partial charge on any atom is -0.361 e. The summed E-state index contributed by atoms with van der Waals surface area (Å²) in [6, 6.07) is 9.79. The van der Waals surface area contributed by atoms with Crippen LogP contribution in [-0.4, -0.2) is 43.4 Å². The largest absolute Gasteiger partial charge is 0.361 e. The molecule has 8 heteroatoms. The number of piperidine rings is 1. The lowest BCUT2D eigenvalue weighted by Gasteiger charge is -2.32. The van der Waals surface area contributed by atoms with E-state index in [9.17, 15) is 14.4 Å². The van der Waals surface area contributed by atoms with E-state index < -0.39 is 11.2 Å². The Morgan fingerprint density at radius 2 is 1.90 bits per heavy atom. The monoisotopic (exact) mass is 403 g/mol. The number of carbonyl (C=O) groups is 1. The highest BCUT2D eigenvalue weighted by Crippen LogP contribution is 2.33. The fraction of sp³-hybridized carbons (Fsp3) is 0.273. The van der Waals surface area contributed by atoms with E-state index in [0.717, 1.165) is 18.4 Å². The zero-order chi connectivity index (χ0) is 20.8. The van der Waals surface area contributed by atoms with Crippen molar-refractivity contribution in [3.05, 3.63) is 74.7 Å². The lowest BCUT2D eigenvalue weighted by molar-refractivity contribution is 0.0713. The Hall–Kier alpha value is -3.68. The molecule has 0 aliphatic carbocycles. The van der Waals surface area contributed by atoms with Crippen LogP contribution in [0.25, 0.3) is 21.9 Å². The fourth-order valence-electron chi connectivity index (χ4n) is 4.36. The van der Waals surface area contributed by atoms with Crippen LogP contribution in [0.15, 0.2) is 52.3 Å². The number of para-hydroxylation sites is 1. The van der Waals surface area contributed by atoms with Crippen molar-refractivity contribution in [1.29, 1.82) is 0 Å². The highest BCUT2D eigenvalue weighted by molar-refractivity contribution is 5.96. The summed E-state index contributed by atoms with van der Waals surface area (Å²) in [6.07, 6.45) is 5.28. The third-order valence-corrected chi connectivity index (χ3v) is 6.04. The van der Waals surface area contributed by atoms with Gasteiger partial charge in [0, 0.05) is 43.4 Å². The van der Waals surface area contributed by atoms with Gasteiger partial charge in [-0.05, 0) is 36.5 Å². The molecule has 4 heterocycles. The molecule has 4 aromatic rings. The average molecular weight is 403 g/mol. The Bertz CT molecular complexity index is 1390. The second kappa shape index (κ2) is 6.98. The first-order chi connectivity index (χ1) is 14.5. The number of aromatic nitrogens is 4. The number of H-pyrrole nitrogens is 2. The van der Waals surface area contributed by atoms with Crippen LogP contribution in [0.2, 0.25) is 0 Å². The predicted octanol–water partition coefficient (Wildman–Crippen LogP) is 2.12. The molecule has 1 aliphatic rings. The van der Waals surface area contributed by atoms with Crippen molar-refractivity contribution in [2.45, 2.75) is 18.8 Å². The van der Waals surface area contributed by atoms with Crippen molar-refractivity contribution in [1.82, 2.24) is 24.4 Å². The number of amides is 1. The van der Waals surface area contributed by atoms with Crippen molar-refractivity contribution >= 4 is 27.8 Å². The van der Waals surface area contributed by atoms with Crippen LogP contribution < -0.4 is 11.2 Å². The van der Waals surface area contributed by atoms with E-state index in [1.165, 1.54) is 34.8 Å². The second-order valence-corrected chi connectivity index (χ2v) is 7.77. The smallest absolute Gasteiger partial charge is 0.329 e. The summed E-state index contributed by atoms with van der Waals surface area (Å²) >= 11 is 0. The van der Waals surface area contributed by atoms with Gasteiger partial charge in [0.2, 0.25) is 0 Å². The maximum Gasteiger partial charge on any atom is 0.329 e. The van der Waals surface area contributed by atoms with Gasteiger partial charge >= 0.3 is 5.69 Å². The molecule has 8 nitrogen and oxygen atoms in total. The van der Waals surface area contributed by atoms with Gasteiger partial charge in [0.25, 0.3) is 11.5 Å². The van der Waals surface area contributed by atoms with Crippen molar-refractivity contribution in [3.8, 4) is 0 Å². The maximum absolute atomic E-state index is 13.0. The van der Waals surface area contributed by atoms with Gasteiger partial charge in [0.15, 0.2) is 0 Å². The molecular weight excluding hydrogens is 382 g/mol. The zero-order valence-corrected chi connectivity index (χ0v) is 16.5. The molecule has 0 radical (unpaired) electrons. The quantitative estimate of drug-likeness (QED) is 0.535. The van der Waals surface area contributed by atoms with Gasteiger partial charge in [-0.15, -0.1) is 0 Å². The molecule has 0 spiro atoms. The summed E-state index contributed by atoms with van der Waals surface area (Å²) in [6.45, 7) is 1.29. The van der Waals surface area contributed by atoms with Gasteiger partial charge < -0.3 is 9.88 Å². The standard InChI is InChI=1S/C22H21N5O3/c1-26-19-16(20(28)25-22(26)30)10-14(11-24-19)21(29)27-8-6-13(7-9-27)17-12-23-18-5-3-2-4-15(17)18/h2-5,10-13,23H,6-9H2,1H3,(H,25,28,30). The topological polar surface area (TPSA) is 104 Å². The normalized spacial score (nSPS) is 15.2. The molecule has 30 heavy (non-hydrogen) atoms. The number of carbonyl (C=O) groups excluding carboxylic acids is 1. The number of aromatic amines is 2. The van der Waals surface area contributed by atoms with Crippen LogP contribution in [0.4, 0.5) is 0 Å². The molecule has 1 aromatic carbocycles. The lowest BCUT2D eigenvalue weighted by atomic mass is 9.89. The molecule has 5 rings (SSSR count). The Balaban J connectivity index is 1.37. The van der Waals surface area contributed by atoms with Gasteiger partial charge in [0.1, 0.15) is 5.65 Å². The number of hydrogen-bond donors (Lipinski definition) is 2. The summed E-state index contributed by atoms with van der Waals surface area (Å²) in [5.74, 6) is 0.257. The number of benzene rings is 1. The summed E-state index contributed by atoms with van der Waals surface area (Å²) in [5, 5.41) is 1.47. The zero-order valence-electron chi connectivity index (χ0n) is 16.5. The fourth-order valence-corrected chi connectivity index (χ4v) is 4.36. The Morgan fingerprint density at radius 3 is 2.70 bits per heavy atom. The predicted molar refractivity (Wildman–Crippen MR) is 114 cm³/mol. The average Bonchev–Trinajstić information content (AvgIpc) is 3.21. The highest BCUT2D eigenvalue weighted by atomic mass is 16.2. The van der Waals surface area contributed by atoms with Crippen molar-refractivity contribution < 1.29 is 4.79 Å². The molecule has 3 aromatic heterocycles. The summed E-state index contributed by atoms with van der Waals surface area (Å²) < 4.78 is 1.26. The van der Waals surface area contributed by atoms with Crippen LogP contribution in [-0.2, 0) is 7.05 Å². The SMILES string of the molecule is Cn1c(=O)[nH]c(=O)c2cc(C(=O)N3CCC(c4c[nH]c5ccccc45)CC3)cnc21. The van der Waals surface area contributed by atoms with Gasteiger partial charge in [-0.25, -0.2) is 9.78 Å². The number of nitrogens with one attached hydrogen (secondary N) is 2. The maximum atomic E-state index is 13.0. The van der Waals surface area contributed by atoms with E-state index in [1.54, 1.807) is 0 Å². The van der Waals surface area contributed by atoms with E-state index >= 15 is 0 Å².